The zero-order chi connectivity index (χ0) is 15.8. The van der Waals surface area contributed by atoms with Crippen LogP contribution in [0, 0.1) is 5.82 Å². The number of hydrogen-bond acceptors (Lipinski definition) is 2. The van der Waals surface area contributed by atoms with Gasteiger partial charge in [0.05, 0.1) is 11.1 Å². The first kappa shape index (κ1) is 15.8. The Morgan fingerprint density at radius 2 is 2.00 bits per heavy atom. The van der Waals surface area contributed by atoms with Crippen LogP contribution in [-0.4, -0.2) is 36.0 Å². The molecule has 2 atom stereocenters. The van der Waals surface area contributed by atoms with Crippen LogP contribution in [-0.2, 0) is 6.18 Å². The smallest absolute Gasteiger partial charge is 0.333 e. The van der Waals surface area contributed by atoms with Gasteiger partial charge in [-0.2, -0.15) is 13.2 Å². The highest BCUT2D eigenvalue weighted by atomic mass is 19.4. The number of carbonyl (C=O) groups excluding carboxylic acids is 1. The van der Waals surface area contributed by atoms with Gasteiger partial charge in [0, 0.05) is 25.2 Å². The van der Waals surface area contributed by atoms with E-state index in [2.05, 4.69) is 5.32 Å². The number of hydrogen-bond donors (Lipinski definition) is 1. The second-order valence-corrected chi connectivity index (χ2v) is 5.28. The predicted octanol–water partition coefficient (Wildman–Crippen LogP) is 2.67. The summed E-state index contributed by atoms with van der Waals surface area (Å²) in [6.45, 7) is 4.47. The fourth-order valence-electron chi connectivity index (χ4n) is 2.38. The van der Waals surface area contributed by atoms with E-state index in [1.807, 2.05) is 6.92 Å². The molecular weight excluding hydrogens is 288 g/mol. The van der Waals surface area contributed by atoms with Gasteiger partial charge in [-0.15, -0.1) is 0 Å². The molecule has 1 N–H and O–H groups in total. The van der Waals surface area contributed by atoms with Crippen LogP contribution < -0.4 is 5.32 Å². The Morgan fingerprint density at radius 1 is 1.33 bits per heavy atom. The molecule has 2 rings (SSSR count). The number of nitrogens with zero attached hydrogens (tertiary/aromatic N) is 1. The lowest BCUT2D eigenvalue weighted by Crippen LogP contribution is -2.56. The van der Waals surface area contributed by atoms with Gasteiger partial charge >= 0.3 is 6.18 Å². The number of rotatable bonds is 1. The molecule has 1 saturated heterocycles. The van der Waals surface area contributed by atoms with Crippen molar-refractivity contribution in [2.24, 2.45) is 0 Å². The molecule has 2 unspecified atom stereocenters. The number of nitrogens with one attached hydrogen (secondary N) is 1. The first-order valence-corrected chi connectivity index (χ1v) is 6.62. The molecule has 1 aromatic rings. The van der Waals surface area contributed by atoms with E-state index in [1.54, 1.807) is 6.92 Å². The van der Waals surface area contributed by atoms with Crippen LogP contribution in [0.1, 0.15) is 29.8 Å². The summed E-state index contributed by atoms with van der Waals surface area (Å²) >= 11 is 0. The maximum atomic E-state index is 14.0. The van der Waals surface area contributed by atoms with E-state index < -0.39 is 29.0 Å². The molecule has 0 aliphatic carbocycles. The van der Waals surface area contributed by atoms with Crippen LogP contribution in [0.15, 0.2) is 18.2 Å². The van der Waals surface area contributed by atoms with Gasteiger partial charge in [0.25, 0.3) is 5.91 Å². The van der Waals surface area contributed by atoms with Crippen LogP contribution >= 0.6 is 0 Å². The highest BCUT2D eigenvalue weighted by Crippen LogP contribution is 2.32. The monoisotopic (exact) mass is 304 g/mol. The fourth-order valence-corrected chi connectivity index (χ4v) is 2.38. The van der Waals surface area contributed by atoms with Gasteiger partial charge in [-0.3, -0.25) is 4.79 Å². The summed E-state index contributed by atoms with van der Waals surface area (Å²) in [5, 5.41) is 3.15. The minimum absolute atomic E-state index is 0.0130. The molecule has 0 aromatic heterocycles. The van der Waals surface area contributed by atoms with Gasteiger partial charge in [-0.1, -0.05) is 6.07 Å². The number of benzene rings is 1. The van der Waals surface area contributed by atoms with Crippen molar-refractivity contribution in [1.29, 1.82) is 0 Å². The quantitative estimate of drug-likeness (QED) is 0.809. The topological polar surface area (TPSA) is 32.3 Å². The van der Waals surface area contributed by atoms with Crippen LogP contribution in [0.3, 0.4) is 0 Å². The zero-order valence-electron chi connectivity index (χ0n) is 11.7. The third-order valence-electron chi connectivity index (χ3n) is 3.56. The molecule has 0 saturated carbocycles. The molecule has 21 heavy (non-hydrogen) atoms. The van der Waals surface area contributed by atoms with Gasteiger partial charge in [-0.25, -0.2) is 4.39 Å². The second-order valence-electron chi connectivity index (χ2n) is 5.28. The van der Waals surface area contributed by atoms with Crippen LogP contribution in [0.25, 0.3) is 0 Å². The summed E-state index contributed by atoms with van der Waals surface area (Å²) < 4.78 is 52.1. The minimum atomic E-state index is -4.82. The Labute approximate surface area is 119 Å². The first-order valence-electron chi connectivity index (χ1n) is 6.62. The molecule has 0 bridgehead atoms. The molecule has 1 aliphatic heterocycles. The molecule has 1 fully saturated rings. The molecule has 0 radical (unpaired) electrons. The lowest BCUT2D eigenvalue weighted by atomic mass is 10.1. The van der Waals surface area contributed by atoms with E-state index >= 15 is 0 Å². The maximum Gasteiger partial charge on any atom is 0.419 e. The molecular formula is C14H16F4N2O. The Morgan fingerprint density at radius 3 is 2.62 bits per heavy atom. The van der Waals surface area contributed by atoms with Crippen molar-refractivity contribution in [3.8, 4) is 0 Å². The number of alkyl halides is 3. The van der Waals surface area contributed by atoms with Gasteiger partial charge in [0.1, 0.15) is 5.82 Å². The molecule has 0 spiro atoms. The van der Waals surface area contributed by atoms with Gasteiger partial charge < -0.3 is 10.2 Å². The number of carbonyl (C=O) groups is 1. The predicted molar refractivity (Wildman–Crippen MR) is 69.4 cm³/mol. The van der Waals surface area contributed by atoms with Crippen molar-refractivity contribution in [2.45, 2.75) is 32.1 Å². The van der Waals surface area contributed by atoms with Gasteiger partial charge in [0.2, 0.25) is 0 Å². The molecule has 1 amide bonds. The molecule has 1 aliphatic rings. The Kier molecular flexibility index (Phi) is 4.22. The maximum absolute atomic E-state index is 14.0. The van der Waals surface area contributed by atoms with Crippen molar-refractivity contribution in [1.82, 2.24) is 10.2 Å². The second kappa shape index (κ2) is 5.63. The zero-order valence-corrected chi connectivity index (χ0v) is 11.7. The molecule has 3 nitrogen and oxygen atoms in total. The molecule has 116 valence electrons. The van der Waals surface area contributed by atoms with Crippen molar-refractivity contribution in [3.63, 3.8) is 0 Å². The number of piperazine rings is 1. The lowest BCUT2D eigenvalue weighted by molar-refractivity contribution is -0.140. The average Bonchev–Trinajstić information content (AvgIpc) is 2.39. The first-order chi connectivity index (χ1) is 9.71. The van der Waals surface area contributed by atoms with Gasteiger partial charge in [-0.05, 0) is 26.0 Å². The third kappa shape index (κ3) is 3.18. The third-order valence-corrected chi connectivity index (χ3v) is 3.56. The number of halogens is 4. The summed E-state index contributed by atoms with van der Waals surface area (Å²) in [4.78, 5) is 13.7. The van der Waals surface area contributed by atoms with E-state index in [0.29, 0.717) is 19.2 Å². The van der Waals surface area contributed by atoms with E-state index in [4.69, 9.17) is 0 Å². The van der Waals surface area contributed by atoms with E-state index in [1.165, 1.54) is 4.90 Å². The normalized spacial score (nSPS) is 23.2. The molecule has 7 heteroatoms. The highest BCUT2D eigenvalue weighted by molar-refractivity contribution is 5.95. The van der Waals surface area contributed by atoms with E-state index in [9.17, 15) is 22.4 Å². The molecule has 1 aromatic carbocycles. The van der Waals surface area contributed by atoms with Crippen LogP contribution in [0.5, 0.6) is 0 Å². The van der Waals surface area contributed by atoms with Crippen molar-refractivity contribution in [2.75, 3.05) is 13.1 Å². The fraction of sp³-hybridized carbons (Fsp3) is 0.500. The summed E-state index contributed by atoms with van der Waals surface area (Å²) in [6.07, 6.45) is -4.82. The van der Waals surface area contributed by atoms with Gasteiger partial charge in [0.15, 0.2) is 0 Å². The summed E-state index contributed by atoms with van der Waals surface area (Å²) in [5.41, 5.74) is -1.95. The standard InChI is InChI=1S/C14H16F4N2O/c1-8-7-20(9(2)6-19-8)13(21)10-4-3-5-11(12(10)15)14(16,17)18/h3-5,8-9,19H,6-7H2,1-2H3. The van der Waals surface area contributed by atoms with Crippen molar-refractivity contribution >= 4 is 5.91 Å². The Balaban J connectivity index is 2.35. The lowest BCUT2D eigenvalue weighted by Gasteiger charge is -2.37. The van der Waals surface area contributed by atoms with Crippen LogP contribution in [0.4, 0.5) is 17.6 Å². The highest BCUT2D eigenvalue weighted by Gasteiger charge is 2.37. The average molecular weight is 304 g/mol. The summed E-state index contributed by atoms with van der Waals surface area (Å²) in [7, 11) is 0. The minimum Gasteiger partial charge on any atom is -0.333 e. The van der Waals surface area contributed by atoms with Crippen molar-refractivity contribution in [3.05, 3.63) is 35.1 Å². The van der Waals surface area contributed by atoms with E-state index in [-0.39, 0.29) is 12.1 Å². The Hall–Kier alpha value is -1.63. The SMILES string of the molecule is CC1CN(C(=O)c2cccc(C(F)(F)F)c2F)C(C)CN1. The summed E-state index contributed by atoms with van der Waals surface area (Å²) in [6, 6.07) is 2.58. The van der Waals surface area contributed by atoms with Crippen LogP contribution in [0.2, 0.25) is 0 Å². The number of amides is 1. The molecule has 1 heterocycles. The largest absolute Gasteiger partial charge is 0.419 e. The summed E-state index contributed by atoms with van der Waals surface area (Å²) in [5.74, 6) is -2.21. The van der Waals surface area contributed by atoms with Crippen molar-refractivity contribution < 1.29 is 22.4 Å². The van der Waals surface area contributed by atoms with E-state index in [0.717, 1.165) is 12.1 Å². The Bertz CT molecular complexity index is 544.